The van der Waals surface area contributed by atoms with Crippen molar-refractivity contribution in [2.24, 2.45) is 5.92 Å². The molecule has 0 amide bonds. The van der Waals surface area contributed by atoms with Gasteiger partial charge in [0.1, 0.15) is 0 Å². The predicted octanol–water partition coefficient (Wildman–Crippen LogP) is 2.33. The van der Waals surface area contributed by atoms with Crippen LogP contribution in [0.15, 0.2) is 24.3 Å². The van der Waals surface area contributed by atoms with Gasteiger partial charge >= 0.3 is 0 Å². The topological polar surface area (TPSA) is 24.1 Å². The summed E-state index contributed by atoms with van der Waals surface area (Å²) >= 11 is 0. The summed E-state index contributed by atoms with van der Waals surface area (Å²) in [5.74, 6) is 0.733. The van der Waals surface area contributed by atoms with Crippen LogP contribution in [-0.2, 0) is 6.54 Å². The molecule has 16 heavy (non-hydrogen) atoms. The lowest BCUT2D eigenvalue weighted by Gasteiger charge is -2.08. The molecule has 1 aromatic carbocycles. The highest BCUT2D eigenvalue weighted by Gasteiger charge is 1.93. The van der Waals surface area contributed by atoms with Gasteiger partial charge in [-0.25, -0.2) is 0 Å². The zero-order valence-electron chi connectivity index (χ0n) is 10.7. The molecular weight excluding hydrogens is 196 g/mol. The Kier molecular flexibility index (Phi) is 6.12. The molecule has 2 N–H and O–H groups in total. The molecule has 0 radical (unpaired) electrons. The Morgan fingerprint density at radius 1 is 1.00 bits per heavy atom. The Bertz CT molecular complexity index is 277. The predicted molar refractivity (Wildman–Crippen MR) is 70.6 cm³/mol. The van der Waals surface area contributed by atoms with Crippen molar-refractivity contribution in [3.05, 3.63) is 35.4 Å². The molecular formula is C14H24N2. The molecule has 0 bridgehead atoms. The molecule has 1 aromatic rings. The average Bonchev–Trinajstić information content (AvgIpc) is 2.25. The van der Waals surface area contributed by atoms with Gasteiger partial charge in [0.15, 0.2) is 0 Å². The third-order valence-electron chi connectivity index (χ3n) is 2.48. The molecule has 0 atom stereocenters. The summed E-state index contributed by atoms with van der Waals surface area (Å²) < 4.78 is 0. The van der Waals surface area contributed by atoms with Crippen LogP contribution < -0.4 is 10.6 Å². The van der Waals surface area contributed by atoms with Crippen LogP contribution in [0.3, 0.4) is 0 Å². The minimum Gasteiger partial charge on any atom is -0.315 e. The molecule has 2 heteroatoms. The molecule has 0 saturated carbocycles. The second kappa shape index (κ2) is 7.42. The lowest BCUT2D eigenvalue weighted by molar-refractivity contribution is 0.535. The minimum absolute atomic E-state index is 0.733. The SMILES string of the molecule is Cc1ccc(CNCCNCC(C)C)cc1. The van der Waals surface area contributed by atoms with Crippen molar-refractivity contribution in [2.45, 2.75) is 27.3 Å². The Balaban J connectivity index is 2.05. The van der Waals surface area contributed by atoms with E-state index in [1.54, 1.807) is 0 Å². The normalized spacial score (nSPS) is 11.0. The smallest absolute Gasteiger partial charge is 0.0206 e. The van der Waals surface area contributed by atoms with Gasteiger partial charge in [-0.05, 0) is 24.9 Å². The summed E-state index contributed by atoms with van der Waals surface area (Å²) in [5, 5.41) is 6.85. The van der Waals surface area contributed by atoms with Gasteiger partial charge in [0, 0.05) is 19.6 Å². The van der Waals surface area contributed by atoms with Crippen molar-refractivity contribution in [2.75, 3.05) is 19.6 Å². The summed E-state index contributed by atoms with van der Waals surface area (Å²) in [6, 6.07) is 8.69. The molecule has 0 aliphatic heterocycles. The Morgan fingerprint density at radius 3 is 2.25 bits per heavy atom. The fourth-order valence-corrected chi connectivity index (χ4v) is 1.51. The van der Waals surface area contributed by atoms with E-state index in [1.807, 2.05) is 0 Å². The maximum atomic E-state index is 3.43. The van der Waals surface area contributed by atoms with Gasteiger partial charge in [-0.2, -0.15) is 0 Å². The largest absolute Gasteiger partial charge is 0.315 e. The van der Waals surface area contributed by atoms with E-state index < -0.39 is 0 Å². The molecule has 1 rings (SSSR count). The second-order valence-electron chi connectivity index (χ2n) is 4.76. The van der Waals surface area contributed by atoms with Gasteiger partial charge in [0.05, 0.1) is 0 Å². The molecule has 0 spiro atoms. The number of aryl methyl sites for hydroxylation is 1. The highest BCUT2D eigenvalue weighted by atomic mass is 14.9. The van der Waals surface area contributed by atoms with Crippen molar-refractivity contribution in [3.63, 3.8) is 0 Å². The van der Waals surface area contributed by atoms with E-state index in [0.717, 1.165) is 32.1 Å². The molecule has 0 heterocycles. The summed E-state index contributed by atoms with van der Waals surface area (Å²) in [6.45, 7) is 10.7. The lowest BCUT2D eigenvalue weighted by atomic mass is 10.1. The third-order valence-corrected chi connectivity index (χ3v) is 2.48. The molecule has 0 unspecified atom stereocenters. The van der Waals surface area contributed by atoms with Gasteiger partial charge in [-0.3, -0.25) is 0 Å². The van der Waals surface area contributed by atoms with Crippen LogP contribution in [-0.4, -0.2) is 19.6 Å². The van der Waals surface area contributed by atoms with Crippen molar-refractivity contribution >= 4 is 0 Å². The van der Waals surface area contributed by atoms with Crippen LogP contribution >= 0.6 is 0 Å². The highest BCUT2D eigenvalue weighted by Crippen LogP contribution is 2.01. The highest BCUT2D eigenvalue weighted by molar-refractivity contribution is 5.20. The number of nitrogens with one attached hydrogen (secondary N) is 2. The van der Waals surface area contributed by atoms with Crippen LogP contribution in [0, 0.1) is 12.8 Å². The molecule has 0 aliphatic carbocycles. The van der Waals surface area contributed by atoms with Crippen LogP contribution in [0.5, 0.6) is 0 Å². The molecule has 0 aliphatic rings. The Hall–Kier alpha value is -0.860. The van der Waals surface area contributed by atoms with Gasteiger partial charge in [0.25, 0.3) is 0 Å². The van der Waals surface area contributed by atoms with Crippen LogP contribution in [0.25, 0.3) is 0 Å². The monoisotopic (exact) mass is 220 g/mol. The van der Waals surface area contributed by atoms with Crippen LogP contribution in [0.1, 0.15) is 25.0 Å². The molecule has 90 valence electrons. The summed E-state index contributed by atoms with van der Waals surface area (Å²) in [7, 11) is 0. The van der Waals surface area contributed by atoms with Crippen molar-refractivity contribution in [1.82, 2.24) is 10.6 Å². The zero-order valence-corrected chi connectivity index (χ0v) is 10.7. The summed E-state index contributed by atoms with van der Waals surface area (Å²) in [6.07, 6.45) is 0. The molecule has 0 aromatic heterocycles. The molecule has 0 fully saturated rings. The third kappa shape index (κ3) is 5.89. The minimum atomic E-state index is 0.733. The lowest BCUT2D eigenvalue weighted by Crippen LogP contribution is -2.29. The fraction of sp³-hybridized carbons (Fsp3) is 0.571. The first-order chi connectivity index (χ1) is 7.68. The van der Waals surface area contributed by atoms with Crippen LogP contribution in [0.4, 0.5) is 0 Å². The maximum absolute atomic E-state index is 3.43. The van der Waals surface area contributed by atoms with Crippen LogP contribution in [0.2, 0.25) is 0 Å². The van der Waals surface area contributed by atoms with Gasteiger partial charge in [-0.15, -0.1) is 0 Å². The number of benzene rings is 1. The van der Waals surface area contributed by atoms with Crippen molar-refractivity contribution < 1.29 is 0 Å². The first-order valence-corrected chi connectivity index (χ1v) is 6.15. The van der Waals surface area contributed by atoms with E-state index >= 15 is 0 Å². The van der Waals surface area contributed by atoms with Crippen molar-refractivity contribution in [3.8, 4) is 0 Å². The van der Waals surface area contributed by atoms with E-state index in [0.29, 0.717) is 0 Å². The number of hydrogen-bond donors (Lipinski definition) is 2. The maximum Gasteiger partial charge on any atom is 0.0206 e. The summed E-state index contributed by atoms with van der Waals surface area (Å²) in [4.78, 5) is 0. The average molecular weight is 220 g/mol. The quantitative estimate of drug-likeness (QED) is 0.689. The van der Waals surface area contributed by atoms with E-state index in [1.165, 1.54) is 11.1 Å². The Labute approximate surface area is 99.5 Å². The van der Waals surface area contributed by atoms with E-state index in [4.69, 9.17) is 0 Å². The first kappa shape index (κ1) is 13.2. The van der Waals surface area contributed by atoms with Crippen molar-refractivity contribution in [1.29, 1.82) is 0 Å². The van der Waals surface area contributed by atoms with E-state index in [9.17, 15) is 0 Å². The number of rotatable bonds is 7. The Morgan fingerprint density at radius 2 is 1.62 bits per heavy atom. The van der Waals surface area contributed by atoms with Gasteiger partial charge in [0.2, 0.25) is 0 Å². The fourth-order valence-electron chi connectivity index (χ4n) is 1.51. The van der Waals surface area contributed by atoms with Gasteiger partial charge < -0.3 is 10.6 Å². The van der Waals surface area contributed by atoms with E-state index in [-0.39, 0.29) is 0 Å². The van der Waals surface area contributed by atoms with E-state index in [2.05, 4.69) is 55.7 Å². The first-order valence-electron chi connectivity index (χ1n) is 6.15. The molecule has 2 nitrogen and oxygen atoms in total. The van der Waals surface area contributed by atoms with Gasteiger partial charge in [-0.1, -0.05) is 43.7 Å². The standard InChI is InChI=1S/C14H24N2/c1-12(2)10-15-8-9-16-11-14-6-4-13(3)5-7-14/h4-7,12,15-16H,8-11H2,1-3H3. The molecule has 0 saturated heterocycles. The summed E-state index contributed by atoms with van der Waals surface area (Å²) in [5.41, 5.74) is 2.68. The number of hydrogen-bond acceptors (Lipinski definition) is 2. The zero-order chi connectivity index (χ0) is 11.8. The second-order valence-corrected chi connectivity index (χ2v) is 4.76.